The molecule has 0 saturated heterocycles. The normalized spacial score (nSPS) is 10.8. The molecule has 0 aliphatic carbocycles. The maximum atomic E-state index is 12.3. The number of nitrogens with zero attached hydrogens (tertiary/aromatic N) is 1. The number of aromatic carboxylic acids is 1. The van der Waals surface area contributed by atoms with Gasteiger partial charge in [0.05, 0.1) is 5.56 Å². The van der Waals surface area contributed by atoms with Gasteiger partial charge in [-0.15, -0.1) is 0 Å². The number of benzene rings is 2. The summed E-state index contributed by atoms with van der Waals surface area (Å²) >= 11 is 0. The lowest BCUT2D eigenvalue weighted by Crippen LogP contribution is -2.02. The molecule has 2 aromatic carbocycles. The molecule has 0 heterocycles. The molecular formula is C18H13NO3. The van der Waals surface area contributed by atoms with Gasteiger partial charge < -0.3 is 5.11 Å². The van der Waals surface area contributed by atoms with Crippen LogP contribution in [0.3, 0.4) is 0 Å². The number of hydrogen-bond donors (Lipinski definition) is 1. The standard InChI is InChI=1S/C18H13NO3/c1-12-2-6-14(7-3-12)17(20)16(11-19)10-13-4-8-15(9-5-13)18(21)22/h2-10H,1H3,(H,21,22). The van der Waals surface area contributed by atoms with Gasteiger partial charge in [0.2, 0.25) is 5.78 Å². The van der Waals surface area contributed by atoms with Gasteiger partial charge >= 0.3 is 5.97 Å². The van der Waals surface area contributed by atoms with Gasteiger partial charge in [-0.3, -0.25) is 4.79 Å². The average Bonchev–Trinajstić information content (AvgIpc) is 2.53. The molecule has 0 bridgehead atoms. The van der Waals surface area contributed by atoms with E-state index in [4.69, 9.17) is 5.11 Å². The van der Waals surface area contributed by atoms with Crippen LogP contribution in [0.1, 0.15) is 31.8 Å². The molecule has 22 heavy (non-hydrogen) atoms. The molecule has 0 saturated carbocycles. The molecule has 0 spiro atoms. The van der Waals surface area contributed by atoms with Crippen molar-refractivity contribution in [3.8, 4) is 6.07 Å². The summed E-state index contributed by atoms with van der Waals surface area (Å²) in [6, 6.07) is 14.8. The van der Waals surface area contributed by atoms with E-state index in [1.165, 1.54) is 18.2 Å². The van der Waals surface area contributed by atoms with Crippen molar-refractivity contribution in [1.29, 1.82) is 5.26 Å². The summed E-state index contributed by atoms with van der Waals surface area (Å²) in [5.74, 6) is -1.38. The summed E-state index contributed by atoms with van der Waals surface area (Å²) in [4.78, 5) is 23.1. The lowest BCUT2D eigenvalue weighted by molar-refractivity contribution is 0.0696. The van der Waals surface area contributed by atoms with E-state index in [0.29, 0.717) is 11.1 Å². The summed E-state index contributed by atoms with van der Waals surface area (Å²) in [6.07, 6.45) is 1.45. The predicted molar refractivity (Wildman–Crippen MR) is 82.5 cm³/mol. The first-order valence-electron chi connectivity index (χ1n) is 6.58. The van der Waals surface area contributed by atoms with Crippen molar-refractivity contribution in [2.24, 2.45) is 0 Å². The molecule has 0 amide bonds. The Morgan fingerprint density at radius 3 is 2.05 bits per heavy atom. The smallest absolute Gasteiger partial charge is 0.335 e. The van der Waals surface area contributed by atoms with Crippen LogP contribution in [0.2, 0.25) is 0 Å². The maximum Gasteiger partial charge on any atom is 0.335 e. The Morgan fingerprint density at radius 2 is 1.55 bits per heavy atom. The summed E-state index contributed by atoms with van der Waals surface area (Å²) in [5, 5.41) is 18.0. The Bertz CT molecular complexity index is 779. The molecule has 108 valence electrons. The highest BCUT2D eigenvalue weighted by Gasteiger charge is 2.12. The first-order chi connectivity index (χ1) is 10.5. The van der Waals surface area contributed by atoms with Crippen molar-refractivity contribution in [2.75, 3.05) is 0 Å². The van der Waals surface area contributed by atoms with Crippen LogP contribution in [-0.4, -0.2) is 16.9 Å². The van der Waals surface area contributed by atoms with Gasteiger partial charge in [0.15, 0.2) is 0 Å². The van der Waals surface area contributed by atoms with Gasteiger partial charge in [-0.25, -0.2) is 4.79 Å². The number of ketones is 1. The fourth-order valence-electron chi connectivity index (χ4n) is 1.90. The van der Waals surface area contributed by atoms with Crippen molar-refractivity contribution < 1.29 is 14.7 Å². The Hall–Kier alpha value is -3.19. The monoisotopic (exact) mass is 291 g/mol. The SMILES string of the molecule is Cc1ccc(C(=O)C(C#N)=Cc2ccc(C(=O)O)cc2)cc1. The van der Waals surface area contributed by atoms with E-state index in [1.807, 2.05) is 25.1 Å². The quantitative estimate of drug-likeness (QED) is 0.531. The molecule has 0 aromatic heterocycles. The summed E-state index contributed by atoms with van der Waals surface area (Å²) in [6.45, 7) is 1.92. The van der Waals surface area contributed by atoms with Crippen molar-refractivity contribution in [3.63, 3.8) is 0 Å². The van der Waals surface area contributed by atoms with Gasteiger partial charge in [0.25, 0.3) is 0 Å². The van der Waals surface area contributed by atoms with Gasteiger partial charge in [-0.05, 0) is 30.7 Å². The zero-order valence-electron chi connectivity index (χ0n) is 11.9. The van der Waals surface area contributed by atoms with E-state index in [0.717, 1.165) is 5.56 Å². The first-order valence-corrected chi connectivity index (χ1v) is 6.58. The van der Waals surface area contributed by atoms with Crippen LogP contribution in [0.15, 0.2) is 54.1 Å². The average molecular weight is 291 g/mol. The van der Waals surface area contributed by atoms with E-state index >= 15 is 0 Å². The topological polar surface area (TPSA) is 78.2 Å². The minimum absolute atomic E-state index is 0.00641. The number of allylic oxidation sites excluding steroid dienone is 1. The van der Waals surface area contributed by atoms with Crippen molar-refractivity contribution in [2.45, 2.75) is 6.92 Å². The van der Waals surface area contributed by atoms with Crippen LogP contribution in [0.25, 0.3) is 6.08 Å². The van der Waals surface area contributed by atoms with Crippen LogP contribution >= 0.6 is 0 Å². The largest absolute Gasteiger partial charge is 0.478 e. The predicted octanol–water partition coefficient (Wildman–Crippen LogP) is 3.48. The second kappa shape index (κ2) is 6.51. The molecule has 0 aliphatic heterocycles. The van der Waals surface area contributed by atoms with Crippen LogP contribution < -0.4 is 0 Å². The van der Waals surface area contributed by atoms with E-state index < -0.39 is 5.97 Å². The molecule has 0 atom stereocenters. The van der Waals surface area contributed by atoms with E-state index in [1.54, 1.807) is 24.3 Å². The van der Waals surface area contributed by atoms with Gasteiger partial charge in [0, 0.05) is 5.56 Å². The van der Waals surface area contributed by atoms with E-state index in [-0.39, 0.29) is 16.9 Å². The Kier molecular flexibility index (Phi) is 4.50. The number of carboxylic acid groups (broad SMARTS) is 1. The summed E-state index contributed by atoms with van der Waals surface area (Å²) in [7, 11) is 0. The number of Topliss-reactive ketones (excluding diaryl/α,β-unsaturated/α-hetero) is 1. The molecule has 4 nitrogen and oxygen atoms in total. The zero-order valence-corrected chi connectivity index (χ0v) is 11.9. The third kappa shape index (κ3) is 3.47. The lowest BCUT2D eigenvalue weighted by Gasteiger charge is -2.01. The van der Waals surface area contributed by atoms with Crippen molar-refractivity contribution >= 4 is 17.8 Å². The van der Waals surface area contributed by atoms with E-state index in [2.05, 4.69) is 0 Å². The number of rotatable bonds is 4. The lowest BCUT2D eigenvalue weighted by atomic mass is 10.0. The number of carbonyl (C=O) groups is 2. The number of nitriles is 1. The molecular weight excluding hydrogens is 278 g/mol. The third-order valence-electron chi connectivity index (χ3n) is 3.15. The molecule has 0 aliphatic rings. The molecule has 0 unspecified atom stereocenters. The fraction of sp³-hybridized carbons (Fsp3) is 0.0556. The highest BCUT2D eigenvalue weighted by atomic mass is 16.4. The minimum atomic E-state index is -1.02. The van der Waals surface area contributed by atoms with Crippen molar-refractivity contribution in [1.82, 2.24) is 0 Å². The number of carboxylic acids is 1. The summed E-state index contributed by atoms with van der Waals surface area (Å²) < 4.78 is 0. The first kappa shape index (κ1) is 15.2. The van der Waals surface area contributed by atoms with Crippen LogP contribution in [0, 0.1) is 18.3 Å². The Balaban J connectivity index is 2.31. The van der Waals surface area contributed by atoms with Gasteiger partial charge in [-0.2, -0.15) is 5.26 Å². The fourth-order valence-corrected chi connectivity index (χ4v) is 1.90. The summed E-state index contributed by atoms with van der Waals surface area (Å²) in [5.41, 5.74) is 2.23. The Labute approximate surface area is 127 Å². The highest BCUT2D eigenvalue weighted by Crippen LogP contribution is 2.14. The second-order valence-corrected chi connectivity index (χ2v) is 4.79. The number of hydrogen-bond acceptors (Lipinski definition) is 3. The molecule has 0 fully saturated rings. The second-order valence-electron chi connectivity index (χ2n) is 4.79. The Morgan fingerprint density at radius 1 is 1.00 bits per heavy atom. The molecule has 2 aromatic rings. The van der Waals surface area contributed by atoms with Crippen LogP contribution in [0.5, 0.6) is 0 Å². The van der Waals surface area contributed by atoms with Crippen LogP contribution in [-0.2, 0) is 0 Å². The zero-order chi connectivity index (χ0) is 16.1. The number of carbonyl (C=O) groups excluding carboxylic acids is 1. The molecule has 0 radical (unpaired) electrons. The third-order valence-corrected chi connectivity index (χ3v) is 3.15. The van der Waals surface area contributed by atoms with Crippen LogP contribution in [0.4, 0.5) is 0 Å². The molecule has 1 N–H and O–H groups in total. The van der Waals surface area contributed by atoms with Crippen molar-refractivity contribution in [3.05, 3.63) is 76.4 Å². The van der Waals surface area contributed by atoms with Gasteiger partial charge in [0.1, 0.15) is 11.6 Å². The molecule has 2 rings (SSSR count). The molecule has 4 heteroatoms. The number of aryl methyl sites for hydroxylation is 1. The highest BCUT2D eigenvalue weighted by molar-refractivity contribution is 6.14. The minimum Gasteiger partial charge on any atom is -0.478 e. The van der Waals surface area contributed by atoms with Gasteiger partial charge in [-0.1, -0.05) is 42.0 Å². The maximum absolute atomic E-state index is 12.3. The van der Waals surface area contributed by atoms with E-state index in [9.17, 15) is 14.9 Å².